The Morgan fingerprint density at radius 2 is 0.417 bits per heavy atom. The number of aromatic nitrogens is 4. The maximum atomic E-state index is 16.8. The van der Waals surface area contributed by atoms with E-state index in [4.69, 9.17) is 0 Å². The Labute approximate surface area is 692 Å². The van der Waals surface area contributed by atoms with Crippen molar-refractivity contribution in [3.8, 4) is 0 Å². The molecule has 120 heavy (non-hydrogen) atoms. The maximum Gasteiger partial charge on any atom is 0.274 e. The molecular weight excluding hydrogens is 1530 g/mol. The van der Waals surface area contributed by atoms with E-state index in [0.717, 1.165) is 65.3 Å². The smallest absolute Gasteiger partial charge is 0.274 e. The standard InChI is InChI=1S/C102H80N8O8P2/c1-61(69-55-27-35-65-31-5-9-39-73(65)69)103-91(111)77-43-13-21-51-85(77)99-107-95(115)81-47-17-18-48-82(81)96(116)108(107)100(86-52-22-14-44-78(86)92(112)104-62(2)70-56-28-36-66-32-6-10-40-74(66)70)119(99)89-59-25-26-60-90(89)120-101(87-53-23-15-45-79(87)93(113)105-63(3)71-57-29-37-67-33-7-11-41-75(67)71)109-97(117)83-49-19-20-50-84(83)98(118)110(109)102(120)88-54-24-16-46-80(88)94(114)106-64(4)72-58-30-38-68-34-8-12-42-76(68)72/h5-64,99-102H,1-4H3,(H,103,111)(H,104,112)(H,105,113)(H,106,114)/t61-,62-,63-,64-,99-,100-,101-,102-/m0/s1. The van der Waals surface area contributed by atoms with Crippen molar-refractivity contribution in [1.82, 2.24) is 40.0 Å². The number of carbonyl (C=O) groups is 4. The van der Waals surface area contributed by atoms with Gasteiger partial charge in [-0.15, -0.1) is 0 Å². The molecule has 2 aliphatic heterocycles. The molecule has 0 unspecified atom stereocenters. The maximum absolute atomic E-state index is 16.8. The van der Waals surface area contributed by atoms with Gasteiger partial charge >= 0.3 is 0 Å². The van der Waals surface area contributed by atoms with Gasteiger partial charge in [0, 0.05) is 22.3 Å². The van der Waals surface area contributed by atoms with Crippen molar-refractivity contribution in [2.75, 3.05) is 0 Å². The Bertz CT molecular complexity index is 6480. The second-order valence-corrected chi connectivity index (χ2v) is 35.4. The molecule has 0 radical (unpaired) electrons. The normalized spacial score (nSPS) is 16.2. The Hall–Kier alpha value is -14.0. The molecule has 4 heterocycles. The van der Waals surface area contributed by atoms with Crippen LogP contribution in [0.5, 0.6) is 0 Å². The minimum atomic E-state index is -2.43. The van der Waals surface area contributed by atoms with Crippen LogP contribution < -0.4 is 54.1 Å². The summed E-state index contributed by atoms with van der Waals surface area (Å²) in [6.45, 7) is 7.73. The number of hydrogen-bond donors (Lipinski definition) is 4. The van der Waals surface area contributed by atoms with Gasteiger partial charge in [-0.1, -0.05) is 291 Å². The summed E-state index contributed by atoms with van der Waals surface area (Å²) >= 11 is 0. The Balaban J connectivity index is 0.879. The van der Waals surface area contributed by atoms with Gasteiger partial charge in [0.1, 0.15) is 23.1 Å². The largest absolute Gasteiger partial charge is 0.345 e. The molecule has 15 aromatic carbocycles. The highest BCUT2D eigenvalue weighted by Gasteiger charge is 2.53. The molecule has 16 nitrogen and oxygen atoms in total. The van der Waals surface area contributed by atoms with Crippen molar-refractivity contribution in [2.24, 2.45) is 0 Å². The zero-order valence-electron chi connectivity index (χ0n) is 65.9. The van der Waals surface area contributed by atoms with Crippen molar-refractivity contribution >= 4 is 115 Å². The molecule has 0 aliphatic carbocycles. The number of carbonyl (C=O) groups excluding carboxylic acids is 4. The molecule has 19 rings (SSSR count). The number of rotatable bonds is 18. The predicted octanol–water partition coefficient (Wildman–Crippen LogP) is 19.0. The number of nitrogens with one attached hydrogen (secondary N) is 4. The van der Waals surface area contributed by atoms with Gasteiger partial charge in [-0.05, 0) is 190 Å². The fourth-order valence-electron chi connectivity index (χ4n) is 18.4. The van der Waals surface area contributed by atoms with E-state index >= 15 is 38.4 Å². The second-order valence-electron chi connectivity index (χ2n) is 30.9. The zero-order valence-corrected chi connectivity index (χ0v) is 67.7. The van der Waals surface area contributed by atoms with Crippen LogP contribution >= 0.6 is 15.8 Å². The first-order valence-corrected chi connectivity index (χ1v) is 43.3. The average Bonchev–Trinajstić information content (AvgIpc) is 1.52. The quantitative estimate of drug-likeness (QED) is 0.0607. The molecule has 0 bridgehead atoms. The lowest BCUT2D eigenvalue weighted by Gasteiger charge is -2.33. The van der Waals surface area contributed by atoms with E-state index in [1.807, 2.05) is 270 Å². The topological polar surface area (TPSA) is 204 Å². The van der Waals surface area contributed by atoms with Crippen LogP contribution in [0.2, 0.25) is 0 Å². The molecule has 17 aromatic rings. The van der Waals surface area contributed by atoms with Gasteiger partial charge in [0.15, 0.2) is 0 Å². The van der Waals surface area contributed by atoms with Crippen molar-refractivity contribution in [2.45, 2.75) is 75.0 Å². The lowest BCUT2D eigenvalue weighted by Crippen LogP contribution is -2.38. The average molecular weight is 1610 g/mol. The van der Waals surface area contributed by atoms with E-state index in [9.17, 15) is 0 Å². The summed E-state index contributed by atoms with van der Waals surface area (Å²) in [7, 11) is -4.86. The van der Waals surface area contributed by atoms with Gasteiger partial charge in [-0.3, -0.25) is 38.4 Å². The van der Waals surface area contributed by atoms with E-state index in [0.29, 0.717) is 32.9 Å². The Morgan fingerprint density at radius 3 is 0.650 bits per heavy atom. The first-order chi connectivity index (χ1) is 58.6. The molecule has 18 heteroatoms. The summed E-state index contributed by atoms with van der Waals surface area (Å²) in [6.07, 6.45) is 0. The van der Waals surface area contributed by atoms with Crippen molar-refractivity contribution in [3.63, 3.8) is 0 Å². The number of benzene rings is 15. The lowest BCUT2D eigenvalue weighted by atomic mass is 9.99. The van der Waals surface area contributed by atoms with Gasteiger partial charge in [-0.25, -0.2) is 18.7 Å². The molecule has 0 fully saturated rings. The van der Waals surface area contributed by atoms with E-state index in [1.54, 1.807) is 97.1 Å². The van der Waals surface area contributed by atoms with Gasteiger partial charge in [0.2, 0.25) is 0 Å². The van der Waals surface area contributed by atoms with Gasteiger partial charge in [-0.2, -0.15) is 0 Å². The summed E-state index contributed by atoms with van der Waals surface area (Å²) in [4.78, 5) is 132. The number of nitrogens with zero attached hydrogens (tertiary/aromatic N) is 4. The molecule has 0 spiro atoms. The predicted molar refractivity (Wildman–Crippen MR) is 482 cm³/mol. The Kier molecular flexibility index (Phi) is 19.9. The lowest BCUT2D eigenvalue weighted by molar-refractivity contribution is 0.0930. The van der Waals surface area contributed by atoms with E-state index < -0.39 is 109 Å². The zero-order chi connectivity index (χ0) is 82.1. The van der Waals surface area contributed by atoms with Crippen molar-refractivity contribution in [1.29, 1.82) is 0 Å². The van der Waals surface area contributed by atoms with Crippen LogP contribution in [0.25, 0.3) is 64.6 Å². The first kappa shape index (κ1) is 76.0. The van der Waals surface area contributed by atoms with E-state index in [-0.39, 0.29) is 43.8 Å². The summed E-state index contributed by atoms with van der Waals surface area (Å²) in [5.41, 5.74) is 3.55. The SMILES string of the molecule is C[C@H](NC(=O)c1ccccc1[C@H]1n2c(=O)c3ccccc3c(=O)n2[C@H](c2ccccc2C(=O)N[C@@H](C)c2cccc3ccccc23)P1c1ccccc1P1[C@@H](c2ccccc2C(=O)N[C@@H](C)c2cccc3ccccc23)n2c(=O)c3ccccc3c(=O)n2[C@@H]1c1ccccc1C(=O)N[C@@H](C)c1cccc2ccccc12)c1cccc2ccccc12. The second kappa shape index (κ2) is 31.4. The third-order valence-corrected chi connectivity index (χ3v) is 30.1. The molecule has 4 amide bonds. The monoisotopic (exact) mass is 1610 g/mol. The van der Waals surface area contributed by atoms with Crippen LogP contribution in [0.3, 0.4) is 0 Å². The fourth-order valence-corrected chi connectivity index (χ4v) is 25.8. The molecule has 2 aromatic heterocycles. The molecule has 4 N–H and O–H groups in total. The first-order valence-electron chi connectivity index (χ1n) is 40.3. The van der Waals surface area contributed by atoms with Gasteiger partial charge in [0.05, 0.1) is 45.7 Å². The molecular formula is C102H80N8O8P2. The van der Waals surface area contributed by atoms with Crippen LogP contribution in [-0.4, -0.2) is 42.4 Å². The minimum absolute atomic E-state index is 0.116. The van der Waals surface area contributed by atoms with E-state index in [2.05, 4.69) is 21.3 Å². The van der Waals surface area contributed by atoms with Crippen LogP contribution in [0.15, 0.2) is 359 Å². The highest BCUT2D eigenvalue weighted by Crippen LogP contribution is 2.70. The molecule has 0 saturated heterocycles. The summed E-state index contributed by atoms with van der Waals surface area (Å²) in [6, 6.07) is 103. The van der Waals surface area contributed by atoms with Crippen molar-refractivity contribution in [3.05, 3.63) is 448 Å². The van der Waals surface area contributed by atoms with Crippen LogP contribution in [0.1, 0.15) is 161 Å². The van der Waals surface area contributed by atoms with Crippen LogP contribution in [-0.2, 0) is 0 Å². The molecule has 586 valence electrons. The third-order valence-electron chi connectivity index (χ3n) is 24.0. The highest BCUT2D eigenvalue weighted by atomic mass is 31.1. The fraction of sp³-hybridized carbons (Fsp3) is 0.118. The number of hydrogen-bond acceptors (Lipinski definition) is 8. The molecule has 8 atom stereocenters. The molecule has 0 saturated carbocycles. The van der Waals surface area contributed by atoms with Gasteiger partial charge in [0.25, 0.3) is 45.9 Å². The van der Waals surface area contributed by atoms with E-state index in [1.165, 1.54) is 18.7 Å². The molecule has 2 aliphatic rings. The minimum Gasteiger partial charge on any atom is -0.345 e. The van der Waals surface area contributed by atoms with Crippen LogP contribution in [0, 0.1) is 0 Å². The Morgan fingerprint density at radius 1 is 0.233 bits per heavy atom. The van der Waals surface area contributed by atoms with Crippen LogP contribution in [0.4, 0.5) is 0 Å². The summed E-state index contributed by atoms with van der Waals surface area (Å²) < 4.78 is 6.03. The summed E-state index contributed by atoms with van der Waals surface area (Å²) in [5.74, 6) is -6.94. The third kappa shape index (κ3) is 13.0. The number of fused-ring (bicyclic) bond motifs is 8. The number of amides is 4. The van der Waals surface area contributed by atoms with Gasteiger partial charge < -0.3 is 21.3 Å². The summed E-state index contributed by atoms with van der Waals surface area (Å²) in [5, 5.41) is 22.8. The van der Waals surface area contributed by atoms with Crippen molar-refractivity contribution < 1.29 is 19.2 Å². The highest BCUT2D eigenvalue weighted by molar-refractivity contribution is 7.72.